The molecule has 0 aromatic rings. The summed E-state index contributed by atoms with van der Waals surface area (Å²) < 4.78 is 3.16. The van der Waals surface area contributed by atoms with Gasteiger partial charge in [0.2, 0.25) is 0 Å². The summed E-state index contributed by atoms with van der Waals surface area (Å²) in [5.41, 5.74) is 2.93. The number of hydrogen-bond donors (Lipinski definition) is 0. The second-order valence-electron chi connectivity index (χ2n) is 3.42. The van der Waals surface area contributed by atoms with Crippen molar-refractivity contribution in [1.82, 2.24) is 0 Å². The summed E-state index contributed by atoms with van der Waals surface area (Å²) in [6.45, 7) is 4.42. The van der Waals surface area contributed by atoms with Crippen molar-refractivity contribution in [2.75, 3.05) is 0 Å². The third-order valence-electron chi connectivity index (χ3n) is 2.33. The zero-order valence-electron chi connectivity index (χ0n) is 8.06. The Balaban J connectivity index is 2.08. The van der Waals surface area contributed by atoms with E-state index in [2.05, 4.69) is 38.2 Å². The molecule has 0 nitrogen and oxygen atoms in total. The zero-order valence-corrected chi connectivity index (χ0v) is 9.10. The monoisotopic (exact) mass is 217 g/mol. The Morgan fingerprint density at radius 3 is 1.69 bits per heavy atom. The van der Waals surface area contributed by atoms with Crippen LogP contribution in [0.1, 0.15) is 26.7 Å². The normalized spacial score (nSPS) is 21.4. The van der Waals surface area contributed by atoms with Crippen LogP contribution in [0.5, 0.6) is 0 Å². The number of allylic oxidation sites excluding steroid dienone is 8. The Labute approximate surface area is 86.1 Å². The van der Waals surface area contributed by atoms with Crippen LogP contribution in [0.3, 0.4) is 0 Å². The quantitative estimate of drug-likeness (QED) is 0.663. The molecule has 0 amide bonds. The Bertz CT molecular complexity index is 306. The van der Waals surface area contributed by atoms with Crippen molar-refractivity contribution in [3.05, 3.63) is 44.5 Å². The molecule has 0 atom stereocenters. The fourth-order valence-corrected chi connectivity index (χ4v) is 2.91. The third kappa shape index (κ3) is 1.87. The first-order valence-electron chi connectivity index (χ1n) is 4.60. The van der Waals surface area contributed by atoms with Gasteiger partial charge in [0.25, 0.3) is 0 Å². The predicted octanol–water partition coefficient (Wildman–Crippen LogP) is 3.54. The van der Waals surface area contributed by atoms with Gasteiger partial charge in [-0.05, 0) is 0 Å². The van der Waals surface area contributed by atoms with Crippen molar-refractivity contribution in [3.63, 3.8) is 0 Å². The summed E-state index contributed by atoms with van der Waals surface area (Å²) in [6.07, 6.45) is 11.3. The molecule has 2 aliphatic carbocycles. The average Bonchev–Trinajstić information content (AvgIpc) is 2.65. The molecule has 71 valence electrons. The van der Waals surface area contributed by atoms with E-state index >= 15 is 0 Å². The number of rotatable bonds is 2. The van der Waals surface area contributed by atoms with Crippen LogP contribution in [0.25, 0.3) is 0 Å². The summed E-state index contributed by atoms with van der Waals surface area (Å²) in [6, 6.07) is 0. The van der Waals surface area contributed by atoms with E-state index in [9.17, 15) is 0 Å². The maximum absolute atomic E-state index is 2.26. The summed E-state index contributed by atoms with van der Waals surface area (Å²) in [7, 11) is 0. The molecule has 13 heavy (non-hydrogen) atoms. The van der Waals surface area contributed by atoms with Crippen molar-refractivity contribution in [2.45, 2.75) is 26.7 Å². The Morgan fingerprint density at radius 2 is 1.38 bits per heavy atom. The van der Waals surface area contributed by atoms with Crippen molar-refractivity contribution >= 4 is 0 Å². The first-order chi connectivity index (χ1) is 6.27. The molecule has 0 aromatic heterocycles. The maximum atomic E-state index is 2.26. The van der Waals surface area contributed by atoms with E-state index in [4.69, 9.17) is 0 Å². The average molecular weight is 217 g/mol. The molecule has 2 aliphatic rings. The minimum absolute atomic E-state index is 1.16. The molecule has 0 saturated carbocycles. The summed E-state index contributed by atoms with van der Waals surface area (Å²) in [5, 5.41) is 0. The second-order valence-corrected chi connectivity index (χ2v) is 4.94. The van der Waals surface area contributed by atoms with Gasteiger partial charge >= 0.3 is 85.9 Å². The van der Waals surface area contributed by atoms with E-state index in [1.807, 2.05) is 0 Å². The van der Waals surface area contributed by atoms with Crippen molar-refractivity contribution in [1.29, 1.82) is 0 Å². The Morgan fingerprint density at radius 1 is 0.923 bits per heavy atom. The standard InChI is InChI=1S/2C6H7.Co/c2*1-6-4-2-3-5-6;/h2*2,4H,3H2,1H3;. The van der Waals surface area contributed by atoms with Gasteiger partial charge in [-0.1, -0.05) is 0 Å². The van der Waals surface area contributed by atoms with Crippen LogP contribution in [0.15, 0.2) is 44.5 Å². The van der Waals surface area contributed by atoms with E-state index in [-0.39, 0.29) is 0 Å². The van der Waals surface area contributed by atoms with Crippen LogP contribution < -0.4 is 0 Å². The molecule has 0 heterocycles. The van der Waals surface area contributed by atoms with Crippen LogP contribution in [-0.4, -0.2) is 0 Å². The van der Waals surface area contributed by atoms with Gasteiger partial charge in [-0.3, -0.25) is 0 Å². The fraction of sp³-hybridized carbons (Fsp3) is 0.333. The third-order valence-corrected chi connectivity index (χ3v) is 4.21. The van der Waals surface area contributed by atoms with E-state index < -0.39 is 0 Å². The van der Waals surface area contributed by atoms with Gasteiger partial charge in [0.05, 0.1) is 0 Å². The van der Waals surface area contributed by atoms with Crippen molar-refractivity contribution in [2.24, 2.45) is 0 Å². The van der Waals surface area contributed by atoms with Gasteiger partial charge in [0, 0.05) is 0 Å². The first-order valence-corrected chi connectivity index (χ1v) is 5.64. The predicted molar refractivity (Wildman–Crippen MR) is 52.9 cm³/mol. The Kier molecular flexibility index (Phi) is 2.56. The molecular formula is C12H14Co. The SMILES string of the molecule is CC1=[C]([Co][C]2=C(C)C=CC2)CC=C1. The molecule has 0 N–H and O–H groups in total. The van der Waals surface area contributed by atoms with E-state index in [0.717, 1.165) is 12.8 Å². The molecule has 0 radical (unpaired) electrons. The second kappa shape index (κ2) is 3.68. The molecule has 1 heteroatoms. The molecule has 0 saturated heterocycles. The molecule has 0 fully saturated rings. The molecule has 0 unspecified atom stereocenters. The molecular weight excluding hydrogens is 203 g/mol. The van der Waals surface area contributed by atoms with E-state index in [0.29, 0.717) is 0 Å². The minimum atomic E-state index is 1.16. The molecule has 0 aliphatic heterocycles. The van der Waals surface area contributed by atoms with Gasteiger partial charge in [-0.25, -0.2) is 0 Å². The molecule has 0 bridgehead atoms. The first kappa shape index (κ1) is 9.04. The molecule has 2 rings (SSSR count). The molecule has 0 aromatic carbocycles. The van der Waals surface area contributed by atoms with Crippen LogP contribution in [0.4, 0.5) is 0 Å². The van der Waals surface area contributed by atoms with Crippen LogP contribution in [0.2, 0.25) is 0 Å². The van der Waals surface area contributed by atoms with Gasteiger partial charge in [-0.2, -0.15) is 0 Å². The van der Waals surface area contributed by atoms with Crippen LogP contribution in [0, 0.1) is 0 Å². The van der Waals surface area contributed by atoms with Crippen LogP contribution >= 0.6 is 0 Å². The fourth-order valence-electron chi connectivity index (χ4n) is 1.48. The summed E-state index contributed by atoms with van der Waals surface area (Å²) in [4.78, 5) is 0. The summed E-state index contributed by atoms with van der Waals surface area (Å²) >= 11 is 1.48. The van der Waals surface area contributed by atoms with E-state index in [1.54, 1.807) is 9.02 Å². The van der Waals surface area contributed by atoms with Gasteiger partial charge in [-0.15, -0.1) is 0 Å². The van der Waals surface area contributed by atoms with Crippen molar-refractivity contribution in [3.8, 4) is 0 Å². The zero-order chi connectivity index (χ0) is 9.26. The number of hydrogen-bond acceptors (Lipinski definition) is 0. The van der Waals surface area contributed by atoms with Gasteiger partial charge < -0.3 is 0 Å². The topological polar surface area (TPSA) is 0 Å². The molecule has 0 spiro atoms. The van der Waals surface area contributed by atoms with Gasteiger partial charge in [0.15, 0.2) is 0 Å². The van der Waals surface area contributed by atoms with Crippen LogP contribution in [-0.2, 0) is 14.7 Å². The van der Waals surface area contributed by atoms with Crippen molar-refractivity contribution < 1.29 is 14.7 Å². The van der Waals surface area contributed by atoms with E-state index in [1.165, 1.54) is 25.8 Å². The Hall–Kier alpha value is -0.534. The van der Waals surface area contributed by atoms with Gasteiger partial charge in [0.1, 0.15) is 0 Å². The summed E-state index contributed by atoms with van der Waals surface area (Å²) in [5.74, 6) is 0.